The minimum Gasteiger partial charge on any atom is -0.455 e. The summed E-state index contributed by atoms with van der Waals surface area (Å²) in [5.41, 5.74) is 2.00. The highest BCUT2D eigenvalue weighted by Gasteiger charge is 2.77. The number of allylic oxidation sites excluding steroid dienone is 1. The molecule has 2 aromatic carbocycles. The van der Waals surface area contributed by atoms with Gasteiger partial charge < -0.3 is 29.7 Å². The lowest BCUT2D eigenvalue weighted by molar-refractivity contribution is -0.160. The van der Waals surface area contributed by atoms with Crippen molar-refractivity contribution >= 4 is 45.3 Å². The third-order valence-electron chi connectivity index (χ3n) is 9.83. The van der Waals surface area contributed by atoms with Crippen molar-refractivity contribution in [3.05, 3.63) is 90.5 Å². The normalized spacial score (nSPS) is 25.8. The van der Waals surface area contributed by atoms with Crippen LogP contribution in [0.15, 0.2) is 73.8 Å². The van der Waals surface area contributed by atoms with Gasteiger partial charge in [-0.15, -0.1) is 13.2 Å². The van der Waals surface area contributed by atoms with Crippen molar-refractivity contribution in [2.24, 2.45) is 11.8 Å². The lowest BCUT2D eigenvalue weighted by Gasteiger charge is -2.37. The Hall–Kier alpha value is -3.80. The Kier molecular flexibility index (Phi) is 11.8. The number of aliphatic hydroxyl groups excluding tert-OH is 1. The van der Waals surface area contributed by atoms with Crippen LogP contribution in [0.3, 0.4) is 0 Å². The first-order valence-corrected chi connectivity index (χ1v) is 17.8. The predicted octanol–water partition coefficient (Wildman–Crippen LogP) is 4.71. The summed E-state index contributed by atoms with van der Waals surface area (Å²) in [5, 5.41) is 12.4. The van der Waals surface area contributed by atoms with Gasteiger partial charge in [0, 0.05) is 36.6 Å². The number of rotatable bonds is 16. The minimum absolute atomic E-state index is 0.0478. The minimum atomic E-state index is -1.28. The van der Waals surface area contributed by atoms with E-state index in [1.807, 2.05) is 62.4 Å². The third-order valence-corrected chi connectivity index (χ3v) is 10.7. The molecule has 0 aromatic heterocycles. The number of anilines is 1. The number of carbonyl (C=O) groups is 4. The average Bonchev–Trinajstić information content (AvgIpc) is 3.69. The van der Waals surface area contributed by atoms with Crippen molar-refractivity contribution in [3.63, 3.8) is 0 Å². The molecule has 3 aliphatic heterocycles. The van der Waals surface area contributed by atoms with Crippen LogP contribution < -0.4 is 10.2 Å². The molecule has 3 saturated heterocycles. The Labute approximate surface area is 296 Å². The molecule has 11 heteroatoms. The van der Waals surface area contributed by atoms with Crippen molar-refractivity contribution in [1.29, 1.82) is 0 Å². The molecule has 3 aliphatic rings. The van der Waals surface area contributed by atoms with E-state index in [4.69, 9.17) is 9.47 Å². The van der Waals surface area contributed by atoms with E-state index in [-0.39, 0.29) is 55.2 Å². The van der Waals surface area contributed by atoms with Crippen LogP contribution in [0.4, 0.5) is 5.69 Å². The molecule has 5 rings (SSSR count). The van der Waals surface area contributed by atoms with E-state index < -0.39 is 41.7 Å². The Balaban J connectivity index is 1.49. The number of hydrogen-bond acceptors (Lipinski definition) is 7. The fourth-order valence-corrected chi connectivity index (χ4v) is 8.49. The zero-order valence-corrected chi connectivity index (χ0v) is 29.8. The number of aryl methyl sites for hydroxylation is 2. The molecular formula is C38H46BrN3O7. The highest BCUT2D eigenvalue weighted by molar-refractivity contribution is 9.09. The van der Waals surface area contributed by atoms with E-state index in [1.165, 1.54) is 0 Å². The number of alkyl halides is 1. The average molecular weight is 737 g/mol. The number of unbranched alkanes of at least 4 members (excludes halogenated alkanes) is 1. The zero-order chi connectivity index (χ0) is 35.3. The fraction of sp³-hybridized carbons (Fsp3) is 0.474. The molecule has 3 heterocycles. The van der Waals surface area contributed by atoms with Gasteiger partial charge in [-0.2, -0.15) is 0 Å². The van der Waals surface area contributed by atoms with Crippen molar-refractivity contribution in [2.45, 2.75) is 74.6 Å². The van der Waals surface area contributed by atoms with Gasteiger partial charge in [0.25, 0.3) is 5.91 Å². The van der Waals surface area contributed by atoms with Gasteiger partial charge >= 0.3 is 5.97 Å². The topological polar surface area (TPSA) is 125 Å². The lowest BCUT2D eigenvalue weighted by atomic mass is 9.70. The summed E-state index contributed by atoms with van der Waals surface area (Å²) in [5.74, 6) is -3.41. The Morgan fingerprint density at radius 1 is 1.16 bits per heavy atom. The molecule has 2 bridgehead atoms. The van der Waals surface area contributed by atoms with Gasteiger partial charge in [0.1, 0.15) is 17.7 Å². The van der Waals surface area contributed by atoms with Crippen LogP contribution in [0, 0.1) is 25.7 Å². The summed E-state index contributed by atoms with van der Waals surface area (Å²) in [6, 6.07) is 14.0. The largest absolute Gasteiger partial charge is 0.455 e. The molecule has 49 heavy (non-hydrogen) atoms. The molecule has 262 valence electrons. The van der Waals surface area contributed by atoms with E-state index in [9.17, 15) is 24.3 Å². The number of nitrogens with one attached hydrogen (secondary N) is 1. The van der Waals surface area contributed by atoms with Crippen LogP contribution in [0.1, 0.15) is 54.9 Å². The third kappa shape index (κ3) is 7.25. The van der Waals surface area contributed by atoms with Gasteiger partial charge in [-0.3, -0.25) is 19.2 Å². The first-order chi connectivity index (χ1) is 23.6. The highest BCUT2D eigenvalue weighted by atomic mass is 79.9. The Morgan fingerprint density at radius 3 is 2.61 bits per heavy atom. The number of fused-ring (bicyclic) bond motifs is 1. The predicted molar refractivity (Wildman–Crippen MR) is 190 cm³/mol. The summed E-state index contributed by atoms with van der Waals surface area (Å²) in [6.07, 6.45) is 3.84. The maximum absolute atomic E-state index is 14.9. The summed E-state index contributed by atoms with van der Waals surface area (Å²) in [6.45, 7) is 11.9. The summed E-state index contributed by atoms with van der Waals surface area (Å²) < 4.78 is 12.9. The van der Waals surface area contributed by atoms with Crippen LogP contribution in [0.2, 0.25) is 0 Å². The Bertz CT molecular complexity index is 1570. The maximum Gasteiger partial charge on any atom is 0.313 e. The van der Waals surface area contributed by atoms with Gasteiger partial charge in [0.15, 0.2) is 0 Å². The van der Waals surface area contributed by atoms with Gasteiger partial charge in [-0.1, -0.05) is 70.5 Å². The van der Waals surface area contributed by atoms with Crippen LogP contribution in [0.5, 0.6) is 0 Å². The molecule has 3 fully saturated rings. The number of halogens is 1. The van der Waals surface area contributed by atoms with Gasteiger partial charge in [0.05, 0.1) is 24.5 Å². The molecule has 1 spiro atoms. The van der Waals surface area contributed by atoms with Gasteiger partial charge in [0.2, 0.25) is 11.8 Å². The summed E-state index contributed by atoms with van der Waals surface area (Å²) in [7, 11) is 0. The standard InChI is InChI=1S/C38H46BrN3O7/c1-5-7-15-30(44)40-23-29(26-13-9-8-10-14-26)48-37(47)31-32-35(45)42(19-11-12-20-43)34(38(32)22-27(39)33(31)49-38)36(46)41(18-6-2)28-21-24(3)16-17-25(28)4/h5-6,8-10,13-14,16-17,21,27,29,31-34,43H,1-2,7,11-12,15,18-20,22-23H2,3-4H3,(H,40,44)/t27?,29-,31+,32-,33+,34+,38-/m0/s1. The number of amides is 3. The number of hydrogen-bond donors (Lipinski definition) is 2. The van der Waals surface area contributed by atoms with Crippen LogP contribution in [0.25, 0.3) is 0 Å². The quantitative estimate of drug-likeness (QED) is 0.111. The smallest absolute Gasteiger partial charge is 0.313 e. The van der Waals surface area contributed by atoms with Crippen molar-refractivity contribution < 1.29 is 33.8 Å². The Morgan fingerprint density at radius 2 is 1.92 bits per heavy atom. The molecule has 1 unspecified atom stereocenters. The van der Waals surface area contributed by atoms with Gasteiger partial charge in [-0.25, -0.2) is 0 Å². The first-order valence-electron chi connectivity index (χ1n) is 16.9. The zero-order valence-electron chi connectivity index (χ0n) is 28.2. The molecule has 0 saturated carbocycles. The van der Waals surface area contributed by atoms with E-state index in [0.29, 0.717) is 36.9 Å². The number of carbonyl (C=O) groups excluding carboxylic acids is 4. The lowest BCUT2D eigenvalue weighted by Crippen LogP contribution is -2.57. The second kappa shape index (κ2) is 15.8. The van der Waals surface area contributed by atoms with Gasteiger partial charge in [-0.05, 0) is 62.3 Å². The molecule has 10 nitrogen and oxygen atoms in total. The molecule has 2 N–H and O–H groups in total. The first kappa shape index (κ1) is 36.5. The monoisotopic (exact) mass is 735 g/mol. The van der Waals surface area contributed by atoms with Crippen LogP contribution in [-0.2, 0) is 28.7 Å². The molecule has 0 aliphatic carbocycles. The van der Waals surface area contributed by atoms with Crippen molar-refractivity contribution in [3.8, 4) is 0 Å². The molecule has 2 aromatic rings. The fourth-order valence-electron chi connectivity index (χ4n) is 7.55. The second-order valence-electron chi connectivity index (χ2n) is 13.1. The summed E-state index contributed by atoms with van der Waals surface area (Å²) >= 11 is 3.73. The van der Waals surface area contributed by atoms with Crippen molar-refractivity contribution in [2.75, 3.05) is 31.1 Å². The highest BCUT2D eigenvalue weighted by Crippen LogP contribution is 2.60. The molecular weight excluding hydrogens is 690 g/mol. The molecule has 7 atom stereocenters. The van der Waals surface area contributed by atoms with E-state index in [1.54, 1.807) is 22.0 Å². The number of benzene rings is 2. The van der Waals surface area contributed by atoms with Crippen molar-refractivity contribution in [1.82, 2.24) is 10.2 Å². The van der Waals surface area contributed by atoms with E-state index in [2.05, 4.69) is 34.4 Å². The molecule has 0 radical (unpaired) electrons. The molecule has 3 amide bonds. The SMILES string of the molecule is C=CCCC(=O)NC[C@H](OC(=O)[C@H]1[C@@H]2O[C@@]3(CC2Br)[C@@H]1C(=O)N(CCCCO)[C@@H]3C(=O)N(CC=C)c1cc(C)ccc1C)c1ccccc1. The second-order valence-corrected chi connectivity index (χ2v) is 14.3. The maximum atomic E-state index is 14.9. The van der Waals surface area contributed by atoms with E-state index in [0.717, 1.165) is 11.1 Å². The number of likely N-dealkylation sites (tertiary alicyclic amines) is 1. The number of aliphatic hydroxyl groups is 1. The van der Waals surface area contributed by atoms with Crippen LogP contribution >= 0.6 is 15.9 Å². The van der Waals surface area contributed by atoms with Crippen LogP contribution in [-0.4, -0.2) is 82.5 Å². The van der Waals surface area contributed by atoms with E-state index >= 15 is 0 Å². The number of nitrogens with zero attached hydrogens (tertiary/aromatic N) is 2. The number of ether oxygens (including phenoxy) is 2. The summed E-state index contributed by atoms with van der Waals surface area (Å²) in [4.78, 5) is 59.0. The number of esters is 1.